The maximum Gasteiger partial charge on any atom is 0.293 e. The van der Waals surface area contributed by atoms with E-state index in [0.29, 0.717) is 13.1 Å². The summed E-state index contributed by atoms with van der Waals surface area (Å²) in [5.74, 6) is 0. The Morgan fingerprint density at radius 1 is 1.25 bits per heavy atom. The van der Waals surface area contributed by atoms with Crippen LogP contribution in [0.1, 0.15) is 11.1 Å². The molecule has 0 aliphatic heterocycles. The van der Waals surface area contributed by atoms with Crippen molar-refractivity contribution in [3.8, 4) is 0 Å². The van der Waals surface area contributed by atoms with Crippen LogP contribution in [0.15, 0.2) is 24.3 Å². The van der Waals surface area contributed by atoms with E-state index in [1.165, 1.54) is 5.56 Å². The molecule has 0 amide bonds. The first kappa shape index (κ1) is 9.26. The molecule has 12 heavy (non-hydrogen) atoms. The normalized spacial score (nSPS) is 9.42. The Labute approximate surface area is 79.7 Å². The van der Waals surface area contributed by atoms with Crippen LogP contribution in [-0.2, 0) is 21.5 Å². The molecule has 0 fully saturated rings. The van der Waals surface area contributed by atoms with Gasteiger partial charge in [0.2, 0.25) is 0 Å². The number of carbonyl (C=O) groups excluding carboxylic acids is 1. The lowest BCUT2D eigenvalue weighted by Crippen LogP contribution is -1.89. The molecule has 0 spiro atoms. The van der Waals surface area contributed by atoms with Gasteiger partial charge < -0.3 is 4.74 Å². The molecular weight excluding hydrogens is 220 g/mol. The molecule has 1 aromatic rings. The largest absolute Gasteiger partial charge is 0.463 e. The summed E-state index contributed by atoms with van der Waals surface area (Å²) < 4.78 is 4.60. The van der Waals surface area contributed by atoms with Crippen molar-refractivity contribution < 1.29 is 9.53 Å². The quantitative estimate of drug-likeness (QED) is 0.584. The number of ether oxygens (including phenoxy) is 1. The van der Waals surface area contributed by atoms with E-state index in [1.54, 1.807) is 0 Å². The van der Waals surface area contributed by atoms with Crippen molar-refractivity contribution in [1.29, 1.82) is 0 Å². The summed E-state index contributed by atoms with van der Waals surface area (Å²) in [6.45, 7) is 0.810. The second-order valence-electron chi connectivity index (χ2n) is 2.36. The lowest BCUT2D eigenvalue weighted by molar-refractivity contribution is -0.129. The zero-order valence-corrected chi connectivity index (χ0v) is 8.08. The SMILES string of the molecule is O=COCc1ccc(CBr)cc1. The Kier molecular flexibility index (Phi) is 3.80. The highest BCUT2D eigenvalue weighted by atomic mass is 79.9. The molecule has 0 aliphatic rings. The number of alkyl halides is 1. The number of hydrogen-bond acceptors (Lipinski definition) is 2. The van der Waals surface area contributed by atoms with Crippen LogP contribution in [0.5, 0.6) is 0 Å². The molecule has 0 bridgehead atoms. The molecule has 0 heterocycles. The maximum atomic E-state index is 9.87. The van der Waals surface area contributed by atoms with Crippen LogP contribution in [0.25, 0.3) is 0 Å². The van der Waals surface area contributed by atoms with Gasteiger partial charge in [-0.05, 0) is 11.1 Å². The molecule has 0 N–H and O–H groups in total. The van der Waals surface area contributed by atoms with Crippen LogP contribution in [0.4, 0.5) is 0 Å². The summed E-state index contributed by atoms with van der Waals surface area (Å²) in [6, 6.07) is 7.89. The predicted octanol–water partition coefficient (Wildman–Crippen LogP) is 2.25. The molecule has 0 saturated heterocycles. The lowest BCUT2D eigenvalue weighted by Gasteiger charge is -1.99. The molecule has 1 rings (SSSR count). The Bertz CT molecular complexity index is 243. The first-order valence-corrected chi connectivity index (χ1v) is 4.68. The standard InChI is InChI=1S/C9H9BrO2/c10-5-8-1-3-9(4-2-8)6-12-7-11/h1-4,7H,5-6H2. The molecule has 2 nitrogen and oxygen atoms in total. The Hall–Kier alpha value is -0.830. The average molecular weight is 229 g/mol. The second-order valence-corrected chi connectivity index (χ2v) is 2.92. The van der Waals surface area contributed by atoms with Crippen LogP contribution >= 0.6 is 15.9 Å². The van der Waals surface area contributed by atoms with Crippen LogP contribution < -0.4 is 0 Å². The van der Waals surface area contributed by atoms with Gasteiger partial charge in [-0.2, -0.15) is 0 Å². The van der Waals surface area contributed by atoms with Crippen molar-refractivity contribution in [2.24, 2.45) is 0 Å². The number of benzene rings is 1. The van der Waals surface area contributed by atoms with Gasteiger partial charge in [0.05, 0.1) is 0 Å². The minimum Gasteiger partial charge on any atom is -0.463 e. The summed E-state index contributed by atoms with van der Waals surface area (Å²) in [6.07, 6.45) is 0. The van der Waals surface area contributed by atoms with Crippen molar-refractivity contribution in [2.75, 3.05) is 0 Å². The molecule has 1 aromatic carbocycles. The molecule has 0 saturated carbocycles. The van der Waals surface area contributed by atoms with E-state index in [9.17, 15) is 4.79 Å². The van der Waals surface area contributed by atoms with E-state index in [0.717, 1.165) is 10.9 Å². The van der Waals surface area contributed by atoms with Crippen LogP contribution in [0, 0.1) is 0 Å². The topological polar surface area (TPSA) is 26.3 Å². The van der Waals surface area contributed by atoms with Gasteiger partial charge in [-0.3, -0.25) is 4.79 Å². The van der Waals surface area contributed by atoms with Gasteiger partial charge in [-0.25, -0.2) is 0 Å². The van der Waals surface area contributed by atoms with Crippen molar-refractivity contribution in [1.82, 2.24) is 0 Å². The number of hydrogen-bond donors (Lipinski definition) is 0. The van der Waals surface area contributed by atoms with Gasteiger partial charge in [0, 0.05) is 5.33 Å². The van der Waals surface area contributed by atoms with E-state index in [2.05, 4.69) is 20.7 Å². The van der Waals surface area contributed by atoms with Gasteiger partial charge in [-0.1, -0.05) is 40.2 Å². The van der Waals surface area contributed by atoms with Crippen LogP contribution in [0.2, 0.25) is 0 Å². The van der Waals surface area contributed by atoms with Gasteiger partial charge in [0.25, 0.3) is 6.47 Å². The first-order chi connectivity index (χ1) is 5.86. The summed E-state index contributed by atoms with van der Waals surface area (Å²) >= 11 is 3.35. The molecule has 64 valence electrons. The molecule has 0 radical (unpaired) electrons. The van der Waals surface area contributed by atoms with Gasteiger partial charge in [-0.15, -0.1) is 0 Å². The predicted molar refractivity (Wildman–Crippen MR) is 49.9 cm³/mol. The van der Waals surface area contributed by atoms with Gasteiger partial charge in [0.15, 0.2) is 0 Å². The third-order valence-corrected chi connectivity index (χ3v) is 2.14. The van der Waals surface area contributed by atoms with E-state index in [4.69, 9.17) is 0 Å². The molecule has 0 aromatic heterocycles. The zero-order valence-electron chi connectivity index (χ0n) is 6.50. The smallest absolute Gasteiger partial charge is 0.293 e. The van der Waals surface area contributed by atoms with Crippen LogP contribution in [0.3, 0.4) is 0 Å². The highest BCUT2D eigenvalue weighted by Gasteiger charge is 1.92. The minimum atomic E-state index is 0.353. The average Bonchev–Trinajstić information content (AvgIpc) is 2.15. The molecule has 0 atom stereocenters. The highest BCUT2D eigenvalue weighted by Crippen LogP contribution is 2.08. The highest BCUT2D eigenvalue weighted by molar-refractivity contribution is 9.08. The van der Waals surface area contributed by atoms with E-state index >= 15 is 0 Å². The Morgan fingerprint density at radius 2 is 1.83 bits per heavy atom. The molecule has 0 unspecified atom stereocenters. The van der Waals surface area contributed by atoms with Crippen molar-refractivity contribution in [3.05, 3.63) is 35.4 Å². The molecule has 0 aliphatic carbocycles. The fourth-order valence-corrected chi connectivity index (χ4v) is 1.23. The van der Waals surface area contributed by atoms with Gasteiger partial charge in [0.1, 0.15) is 6.61 Å². The molecule has 3 heteroatoms. The van der Waals surface area contributed by atoms with Crippen molar-refractivity contribution >= 4 is 22.4 Å². The second kappa shape index (κ2) is 4.93. The summed E-state index contributed by atoms with van der Waals surface area (Å²) in [5, 5.41) is 0.849. The summed E-state index contributed by atoms with van der Waals surface area (Å²) in [4.78, 5) is 9.87. The number of rotatable bonds is 4. The van der Waals surface area contributed by atoms with Crippen molar-refractivity contribution in [3.63, 3.8) is 0 Å². The van der Waals surface area contributed by atoms with Crippen molar-refractivity contribution in [2.45, 2.75) is 11.9 Å². The van der Waals surface area contributed by atoms with E-state index in [1.807, 2.05) is 24.3 Å². The third-order valence-electron chi connectivity index (χ3n) is 1.50. The van der Waals surface area contributed by atoms with E-state index in [-0.39, 0.29) is 0 Å². The Morgan fingerprint density at radius 3 is 2.33 bits per heavy atom. The minimum absolute atomic E-state index is 0.353. The first-order valence-electron chi connectivity index (χ1n) is 3.56. The maximum absolute atomic E-state index is 9.87. The number of halogens is 1. The lowest BCUT2D eigenvalue weighted by atomic mass is 10.2. The number of carbonyl (C=O) groups is 1. The fraction of sp³-hybridized carbons (Fsp3) is 0.222. The summed E-state index contributed by atoms with van der Waals surface area (Å²) in [5.41, 5.74) is 2.22. The Balaban J connectivity index is 2.58. The van der Waals surface area contributed by atoms with Crippen LogP contribution in [-0.4, -0.2) is 6.47 Å². The van der Waals surface area contributed by atoms with E-state index < -0.39 is 0 Å². The fourth-order valence-electron chi connectivity index (χ4n) is 0.855. The zero-order chi connectivity index (χ0) is 8.81. The van der Waals surface area contributed by atoms with Gasteiger partial charge >= 0.3 is 0 Å². The summed E-state index contributed by atoms with van der Waals surface area (Å²) in [7, 11) is 0. The monoisotopic (exact) mass is 228 g/mol. The molecular formula is C9H9BrO2. The third kappa shape index (κ3) is 2.66.